The lowest BCUT2D eigenvalue weighted by Crippen LogP contribution is -2.45. The predicted molar refractivity (Wildman–Crippen MR) is 65.7 cm³/mol. The maximum Gasteiger partial charge on any atom is 0.164 e. The Morgan fingerprint density at radius 1 is 1.56 bits per heavy atom. The van der Waals surface area contributed by atoms with E-state index in [-0.39, 0.29) is 6.10 Å². The van der Waals surface area contributed by atoms with Crippen molar-refractivity contribution >= 4 is 33.3 Å². The molecule has 0 radical (unpaired) electrons. The number of fused-ring (bicyclic) bond motifs is 1. The first-order valence-electron chi connectivity index (χ1n) is 4.92. The molecule has 1 saturated heterocycles. The summed E-state index contributed by atoms with van der Waals surface area (Å²) in [5, 5.41) is 12.3. The number of aliphatic hydroxyl groups excluding tert-OH is 1. The second-order valence-electron chi connectivity index (χ2n) is 4.27. The van der Waals surface area contributed by atoms with Crippen LogP contribution >= 0.6 is 28.1 Å². The number of ether oxygens (including phenoxy) is 2. The highest BCUT2D eigenvalue weighted by molar-refractivity contribution is 9.11. The number of hydrogen-bond acceptors (Lipinski definition) is 5. The summed E-state index contributed by atoms with van der Waals surface area (Å²) < 4.78 is 12.1. The van der Waals surface area contributed by atoms with Crippen molar-refractivity contribution in [3.63, 3.8) is 0 Å². The summed E-state index contributed by atoms with van der Waals surface area (Å²) in [4.78, 5) is 3.90. The Kier molecular flexibility index (Phi) is 3.32. The van der Waals surface area contributed by atoms with Gasteiger partial charge in [0, 0.05) is 4.48 Å². The fourth-order valence-electron chi connectivity index (χ4n) is 1.98. The van der Waals surface area contributed by atoms with Gasteiger partial charge in [0.1, 0.15) is 24.4 Å². The van der Waals surface area contributed by atoms with Gasteiger partial charge in [0.15, 0.2) is 5.79 Å². The molecular weight excluding hydrogens is 294 g/mol. The second-order valence-corrected chi connectivity index (χ2v) is 5.37. The van der Waals surface area contributed by atoms with E-state index in [1.807, 2.05) is 13.8 Å². The molecule has 0 unspecified atom stereocenters. The van der Waals surface area contributed by atoms with Crippen LogP contribution in [0.3, 0.4) is 0 Å². The van der Waals surface area contributed by atoms with Crippen LogP contribution in [0.5, 0.6) is 0 Å². The Morgan fingerprint density at radius 2 is 2.25 bits per heavy atom. The highest BCUT2D eigenvalue weighted by Gasteiger charge is 2.50. The highest BCUT2D eigenvalue weighted by atomic mass is 79.9. The van der Waals surface area contributed by atoms with Crippen molar-refractivity contribution in [2.45, 2.75) is 44.0 Å². The smallest absolute Gasteiger partial charge is 0.164 e. The highest BCUT2D eigenvalue weighted by Crippen LogP contribution is 2.39. The largest absolute Gasteiger partial charge is 0.388 e. The first kappa shape index (κ1) is 12.4. The van der Waals surface area contributed by atoms with Crippen LogP contribution < -0.4 is 0 Å². The summed E-state index contributed by atoms with van der Waals surface area (Å²) in [6.07, 6.45) is 0.312. The molecule has 88 valence electrons. The monoisotopic (exact) mass is 305 g/mol. The van der Waals surface area contributed by atoms with Gasteiger partial charge in [-0.3, -0.25) is 0 Å². The van der Waals surface area contributed by atoms with E-state index in [9.17, 15) is 5.11 Å². The van der Waals surface area contributed by atoms with E-state index in [1.54, 1.807) is 6.08 Å². The molecule has 1 N–H and O–H groups in total. The first-order valence-corrected chi connectivity index (χ1v) is 6.12. The molecule has 4 atom stereocenters. The van der Waals surface area contributed by atoms with Crippen LogP contribution in [0.4, 0.5) is 0 Å². The zero-order chi connectivity index (χ0) is 11.9. The Hall–Kier alpha value is -0.100. The van der Waals surface area contributed by atoms with E-state index in [2.05, 4.69) is 38.3 Å². The fraction of sp³-hybridized carbons (Fsp3) is 0.700. The van der Waals surface area contributed by atoms with Gasteiger partial charge in [0.2, 0.25) is 0 Å². The van der Waals surface area contributed by atoms with Crippen LogP contribution in [0.2, 0.25) is 0 Å². The van der Waals surface area contributed by atoms with Crippen LogP contribution in [0.1, 0.15) is 13.8 Å². The van der Waals surface area contributed by atoms with E-state index in [0.717, 1.165) is 4.48 Å². The summed E-state index contributed by atoms with van der Waals surface area (Å²) in [6, 6.07) is -0.425. The molecule has 6 heteroatoms. The van der Waals surface area contributed by atoms with Gasteiger partial charge < -0.3 is 14.6 Å². The Labute approximate surface area is 107 Å². The van der Waals surface area contributed by atoms with Gasteiger partial charge in [-0.15, -0.1) is 0 Å². The van der Waals surface area contributed by atoms with Gasteiger partial charge in [-0.2, -0.15) is 0 Å². The number of hydrogen-bond donors (Lipinski definition) is 1. The molecule has 4 nitrogen and oxygen atoms in total. The quantitative estimate of drug-likeness (QED) is 0.591. The molecule has 0 spiro atoms. The SMILES string of the molecule is CC1(C)O[C@H]2[C@H](O)[C@@H](N=C=S)C=C(Br)[C@H]2O1. The molecule has 1 fully saturated rings. The van der Waals surface area contributed by atoms with Gasteiger partial charge in [-0.05, 0) is 32.1 Å². The molecule has 1 heterocycles. The van der Waals surface area contributed by atoms with Crippen molar-refractivity contribution in [3.8, 4) is 0 Å². The molecule has 0 aromatic heterocycles. The fourth-order valence-corrected chi connectivity index (χ4v) is 2.72. The number of halogens is 1. The minimum absolute atomic E-state index is 0.276. The van der Waals surface area contributed by atoms with Crippen molar-refractivity contribution in [2.24, 2.45) is 4.99 Å². The average Bonchev–Trinajstić information content (AvgIpc) is 2.51. The second kappa shape index (κ2) is 4.29. The third kappa shape index (κ3) is 2.14. The number of thiocarbonyl (C=S) groups is 1. The van der Waals surface area contributed by atoms with Crippen molar-refractivity contribution in [3.05, 3.63) is 10.6 Å². The summed E-state index contributed by atoms with van der Waals surface area (Å²) in [5.41, 5.74) is 0. The maximum atomic E-state index is 10.1. The molecule has 2 aliphatic rings. The summed E-state index contributed by atoms with van der Waals surface area (Å²) in [5.74, 6) is -0.695. The van der Waals surface area contributed by atoms with Crippen LogP contribution in [0.25, 0.3) is 0 Å². The number of rotatable bonds is 1. The summed E-state index contributed by atoms with van der Waals surface area (Å²) >= 11 is 7.95. The molecular formula is C10H12BrNO3S. The van der Waals surface area contributed by atoms with E-state index in [4.69, 9.17) is 9.47 Å². The molecule has 1 aliphatic carbocycles. The Balaban J connectivity index is 2.30. The van der Waals surface area contributed by atoms with Crippen molar-refractivity contribution in [2.75, 3.05) is 0 Å². The van der Waals surface area contributed by atoms with Crippen LogP contribution in [-0.4, -0.2) is 40.4 Å². The number of nitrogens with zero attached hydrogens (tertiary/aromatic N) is 1. The number of aliphatic imine (C=N–C) groups is 1. The van der Waals surface area contributed by atoms with Gasteiger partial charge in [-0.25, -0.2) is 4.99 Å². The standard InChI is InChI=1S/C10H12BrNO3S/c1-10(2)14-8-5(11)3-6(12-4-16)7(13)9(8)15-10/h3,6-9,13H,1-2H3/t6-,7+,8+,9-/m0/s1. The summed E-state index contributed by atoms with van der Waals surface area (Å²) in [6.45, 7) is 3.63. The lowest BCUT2D eigenvalue weighted by Gasteiger charge is -2.29. The molecule has 1 aliphatic heterocycles. The maximum absolute atomic E-state index is 10.1. The van der Waals surface area contributed by atoms with Crippen LogP contribution in [-0.2, 0) is 9.47 Å². The van der Waals surface area contributed by atoms with Crippen molar-refractivity contribution in [1.29, 1.82) is 0 Å². The third-order valence-corrected chi connectivity index (χ3v) is 3.44. The van der Waals surface area contributed by atoms with E-state index in [0.29, 0.717) is 0 Å². The van der Waals surface area contributed by atoms with E-state index < -0.39 is 24.0 Å². The lowest BCUT2D eigenvalue weighted by atomic mass is 9.95. The molecule has 2 rings (SSSR count). The number of aliphatic hydroxyl groups is 1. The van der Waals surface area contributed by atoms with Gasteiger partial charge in [-0.1, -0.05) is 15.9 Å². The first-order chi connectivity index (χ1) is 7.44. The van der Waals surface area contributed by atoms with Gasteiger partial charge in [0.25, 0.3) is 0 Å². The average molecular weight is 306 g/mol. The minimum atomic E-state index is -0.761. The Bertz CT molecular complexity index is 378. The lowest BCUT2D eigenvalue weighted by molar-refractivity contribution is -0.153. The topological polar surface area (TPSA) is 51.0 Å². The van der Waals surface area contributed by atoms with Gasteiger partial charge >= 0.3 is 0 Å². The normalized spacial score (nSPS) is 40.9. The molecule has 0 amide bonds. The van der Waals surface area contributed by atoms with Crippen LogP contribution in [0, 0.1) is 0 Å². The van der Waals surface area contributed by atoms with E-state index >= 15 is 0 Å². The van der Waals surface area contributed by atoms with Crippen LogP contribution in [0.15, 0.2) is 15.6 Å². The molecule has 16 heavy (non-hydrogen) atoms. The van der Waals surface area contributed by atoms with Crippen molar-refractivity contribution < 1.29 is 14.6 Å². The predicted octanol–water partition coefficient (Wildman–Crippen LogP) is 1.63. The minimum Gasteiger partial charge on any atom is -0.388 e. The van der Waals surface area contributed by atoms with Crippen molar-refractivity contribution in [1.82, 2.24) is 0 Å². The molecule has 0 aromatic carbocycles. The molecule has 0 aromatic rings. The van der Waals surface area contributed by atoms with Gasteiger partial charge in [0.05, 0.1) is 5.16 Å². The third-order valence-electron chi connectivity index (χ3n) is 2.62. The molecule has 0 saturated carbocycles. The Morgan fingerprint density at radius 3 is 2.88 bits per heavy atom. The van der Waals surface area contributed by atoms with E-state index in [1.165, 1.54) is 0 Å². The summed E-state index contributed by atoms with van der Waals surface area (Å²) in [7, 11) is 0. The number of isothiocyanates is 1. The zero-order valence-electron chi connectivity index (χ0n) is 8.88. The zero-order valence-corrected chi connectivity index (χ0v) is 11.3. The molecule has 0 bridgehead atoms.